The van der Waals surface area contributed by atoms with Crippen LogP contribution in [0.15, 0.2) is 35.6 Å². The lowest BCUT2D eigenvalue weighted by atomic mass is 10.1. The number of terminal acetylenes is 1. The fraction of sp³-hybridized carbons (Fsp3) is 0.333. The number of halogens is 1. The van der Waals surface area contributed by atoms with Gasteiger partial charge in [-0.25, -0.2) is 9.37 Å². The molecule has 0 aliphatic heterocycles. The predicted octanol–water partition coefficient (Wildman–Crippen LogP) is 3.19. The van der Waals surface area contributed by atoms with Crippen molar-refractivity contribution in [3.63, 3.8) is 0 Å². The van der Waals surface area contributed by atoms with Crippen molar-refractivity contribution < 1.29 is 9.18 Å². The van der Waals surface area contributed by atoms with Gasteiger partial charge >= 0.3 is 0 Å². The molecular weight excluding hydrogens is 325 g/mol. The number of nitrogens with one attached hydrogen (secondary N) is 1. The number of hydrogen-bond acceptors (Lipinski definition) is 3. The third-order valence-corrected chi connectivity index (χ3v) is 4.22. The molecule has 1 N–H and O–H groups in total. The van der Waals surface area contributed by atoms with Crippen LogP contribution in [0.25, 0.3) is 11.3 Å². The van der Waals surface area contributed by atoms with E-state index in [9.17, 15) is 9.18 Å². The number of hydrogen-bond donors (Lipinski definition) is 1. The van der Waals surface area contributed by atoms with Gasteiger partial charge in [0.2, 0.25) is 5.91 Å². The Morgan fingerprint density at radius 3 is 2.75 bits per heavy atom. The molecule has 0 unspecified atom stereocenters. The second-order valence-corrected chi connectivity index (χ2v) is 6.65. The van der Waals surface area contributed by atoms with E-state index >= 15 is 0 Å². The molecule has 0 spiro atoms. The van der Waals surface area contributed by atoms with Gasteiger partial charge in [0.25, 0.3) is 0 Å². The van der Waals surface area contributed by atoms with E-state index < -0.39 is 0 Å². The molecule has 1 aromatic carbocycles. The van der Waals surface area contributed by atoms with Crippen LogP contribution in [0.5, 0.6) is 0 Å². The summed E-state index contributed by atoms with van der Waals surface area (Å²) in [7, 11) is 0. The summed E-state index contributed by atoms with van der Waals surface area (Å²) >= 11 is 1.36. The van der Waals surface area contributed by atoms with Gasteiger partial charge < -0.3 is 9.88 Å². The molecule has 6 heteroatoms. The summed E-state index contributed by atoms with van der Waals surface area (Å²) in [6.45, 7) is 5.21. The summed E-state index contributed by atoms with van der Waals surface area (Å²) in [4.78, 5) is 16.1. The lowest BCUT2D eigenvalue weighted by Gasteiger charge is -2.14. The van der Waals surface area contributed by atoms with Crippen LogP contribution in [0.3, 0.4) is 0 Å². The highest BCUT2D eigenvalue weighted by Gasteiger charge is 2.14. The van der Waals surface area contributed by atoms with E-state index in [0.717, 1.165) is 23.0 Å². The van der Waals surface area contributed by atoms with Crippen LogP contribution >= 0.6 is 11.8 Å². The van der Waals surface area contributed by atoms with Crippen LogP contribution in [-0.4, -0.2) is 27.8 Å². The Bertz CT molecular complexity index is 732. The topological polar surface area (TPSA) is 46.9 Å². The summed E-state index contributed by atoms with van der Waals surface area (Å²) in [5.74, 6) is 2.64. The molecule has 0 bridgehead atoms. The smallest absolute Gasteiger partial charge is 0.231 e. The first-order chi connectivity index (χ1) is 11.5. The fourth-order valence-corrected chi connectivity index (χ4v) is 3.02. The van der Waals surface area contributed by atoms with Crippen molar-refractivity contribution in [1.82, 2.24) is 14.9 Å². The Kier molecular flexibility index (Phi) is 6.44. The molecule has 1 amide bonds. The highest BCUT2D eigenvalue weighted by atomic mass is 32.2. The van der Waals surface area contributed by atoms with E-state index in [1.54, 1.807) is 18.3 Å². The van der Waals surface area contributed by atoms with Gasteiger partial charge in [0.05, 0.1) is 24.2 Å². The van der Waals surface area contributed by atoms with Gasteiger partial charge in [-0.2, -0.15) is 0 Å². The SMILES string of the molecule is C#CCNC(=O)CSc1ncc(-c2ccc(F)cc2)n1CC(C)C. The van der Waals surface area contributed by atoms with E-state index in [1.165, 1.54) is 23.9 Å². The molecule has 4 nitrogen and oxygen atoms in total. The predicted molar refractivity (Wildman–Crippen MR) is 95.0 cm³/mol. The maximum Gasteiger partial charge on any atom is 0.231 e. The Hall–Kier alpha value is -2.26. The van der Waals surface area contributed by atoms with Crippen LogP contribution in [0.2, 0.25) is 0 Å². The number of nitrogens with zero attached hydrogens (tertiary/aromatic N) is 2. The second-order valence-electron chi connectivity index (χ2n) is 5.71. The fourth-order valence-electron chi connectivity index (χ4n) is 2.20. The molecule has 2 rings (SSSR count). The Morgan fingerprint density at radius 2 is 2.12 bits per heavy atom. The largest absolute Gasteiger partial charge is 0.344 e. The van der Waals surface area contributed by atoms with Gasteiger partial charge in [0.15, 0.2) is 5.16 Å². The van der Waals surface area contributed by atoms with Gasteiger partial charge in [-0.1, -0.05) is 31.5 Å². The average molecular weight is 345 g/mol. The highest BCUT2D eigenvalue weighted by Crippen LogP contribution is 2.27. The van der Waals surface area contributed by atoms with Crippen molar-refractivity contribution in [2.45, 2.75) is 25.5 Å². The van der Waals surface area contributed by atoms with E-state index in [1.807, 2.05) is 0 Å². The minimum absolute atomic E-state index is 0.125. The van der Waals surface area contributed by atoms with Gasteiger partial charge in [0.1, 0.15) is 5.82 Å². The molecule has 0 aliphatic rings. The van der Waals surface area contributed by atoms with Crippen LogP contribution < -0.4 is 5.32 Å². The maximum atomic E-state index is 13.1. The van der Waals surface area contributed by atoms with E-state index in [2.05, 4.69) is 34.6 Å². The van der Waals surface area contributed by atoms with Crippen LogP contribution in [0.4, 0.5) is 4.39 Å². The number of amides is 1. The van der Waals surface area contributed by atoms with Gasteiger partial charge in [-0.05, 0) is 35.7 Å². The summed E-state index contributed by atoms with van der Waals surface area (Å²) in [6.07, 6.45) is 6.89. The maximum absolute atomic E-state index is 13.1. The summed E-state index contributed by atoms with van der Waals surface area (Å²) in [5.41, 5.74) is 1.81. The molecule has 0 radical (unpaired) electrons. The third-order valence-electron chi connectivity index (χ3n) is 3.23. The van der Waals surface area contributed by atoms with Gasteiger partial charge in [-0.15, -0.1) is 6.42 Å². The zero-order chi connectivity index (χ0) is 17.5. The Labute approximate surface area is 145 Å². The monoisotopic (exact) mass is 345 g/mol. The van der Waals surface area contributed by atoms with Gasteiger partial charge in [-0.3, -0.25) is 4.79 Å². The van der Waals surface area contributed by atoms with Crippen molar-refractivity contribution >= 4 is 17.7 Å². The first kappa shape index (κ1) is 18.1. The minimum atomic E-state index is -0.270. The number of carbonyl (C=O) groups excluding carboxylic acids is 1. The molecule has 1 heterocycles. The van der Waals surface area contributed by atoms with Crippen molar-refractivity contribution in [3.8, 4) is 23.6 Å². The first-order valence-electron chi connectivity index (χ1n) is 7.65. The van der Waals surface area contributed by atoms with Crippen molar-refractivity contribution in [2.75, 3.05) is 12.3 Å². The molecule has 0 aliphatic carbocycles. The normalized spacial score (nSPS) is 10.6. The molecular formula is C18H20FN3OS. The van der Waals surface area contributed by atoms with E-state index in [-0.39, 0.29) is 24.0 Å². The summed E-state index contributed by atoms with van der Waals surface area (Å²) in [5, 5.41) is 3.40. The number of benzene rings is 1. The summed E-state index contributed by atoms with van der Waals surface area (Å²) in [6, 6.07) is 6.33. The number of aromatic nitrogens is 2. The average Bonchev–Trinajstić information content (AvgIpc) is 2.93. The number of imidazole rings is 1. The molecule has 2 aromatic rings. The number of thioether (sulfide) groups is 1. The molecule has 24 heavy (non-hydrogen) atoms. The first-order valence-corrected chi connectivity index (χ1v) is 8.64. The van der Waals surface area contributed by atoms with Crippen LogP contribution in [0, 0.1) is 24.1 Å². The standard InChI is InChI=1S/C18H20FN3OS/c1-4-9-20-17(23)12-24-18-21-10-16(22(18)11-13(2)3)14-5-7-15(19)8-6-14/h1,5-8,10,13H,9,11-12H2,2-3H3,(H,20,23). The Morgan fingerprint density at radius 1 is 1.42 bits per heavy atom. The summed E-state index contributed by atoms with van der Waals surface area (Å²) < 4.78 is 15.2. The quantitative estimate of drug-likeness (QED) is 0.619. The third kappa shape index (κ3) is 4.87. The molecule has 0 atom stereocenters. The van der Waals surface area contributed by atoms with Crippen molar-refractivity contribution in [2.24, 2.45) is 5.92 Å². The van der Waals surface area contributed by atoms with Gasteiger partial charge in [0, 0.05) is 6.54 Å². The lowest BCUT2D eigenvalue weighted by Crippen LogP contribution is -2.25. The minimum Gasteiger partial charge on any atom is -0.344 e. The van der Waals surface area contributed by atoms with Crippen molar-refractivity contribution in [3.05, 3.63) is 36.3 Å². The second kappa shape index (κ2) is 8.55. The number of rotatable bonds is 7. The Balaban J connectivity index is 2.21. The zero-order valence-electron chi connectivity index (χ0n) is 13.8. The molecule has 126 valence electrons. The van der Waals surface area contributed by atoms with E-state index in [0.29, 0.717) is 5.92 Å². The number of carbonyl (C=O) groups is 1. The zero-order valence-corrected chi connectivity index (χ0v) is 14.6. The van der Waals surface area contributed by atoms with Crippen molar-refractivity contribution in [1.29, 1.82) is 0 Å². The van der Waals surface area contributed by atoms with Crippen LogP contribution in [0.1, 0.15) is 13.8 Å². The van der Waals surface area contributed by atoms with E-state index in [4.69, 9.17) is 6.42 Å². The lowest BCUT2D eigenvalue weighted by molar-refractivity contribution is -0.118. The molecule has 1 aromatic heterocycles. The molecule has 0 fully saturated rings. The van der Waals surface area contributed by atoms with Crippen LogP contribution in [-0.2, 0) is 11.3 Å². The molecule has 0 saturated heterocycles. The molecule has 0 saturated carbocycles. The highest BCUT2D eigenvalue weighted by molar-refractivity contribution is 7.99.